The van der Waals surface area contributed by atoms with Crippen molar-refractivity contribution in [2.75, 3.05) is 5.32 Å². The molecule has 8 nitrogen and oxygen atoms in total. The monoisotopic (exact) mass is 325 g/mol. The van der Waals surface area contributed by atoms with Gasteiger partial charge in [0.15, 0.2) is 11.5 Å². The van der Waals surface area contributed by atoms with Gasteiger partial charge in [0.1, 0.15) is 17.7 Å². The SMILES string of the molecule is Cc1nn(-c2ncnc3nc[nH]c23)c2c1[C@H](CC(C)C)CC(=O)N2. The fraction of sp³-hybridized carbons (Fsp3) is 0.438. The Morgan fingerprint density at radius 2 is 2.17 bits per heavy atom. The van der Waals surface area contributed by atoms with Crippen LogP contribution in [0.15, 0.2) is 12.7 Å². The lowest BCUT2D eigenvalue weighted by molar-refractivity contribution is -0.117. The molecule has 1 atom stereocenters. The summed E-state index contributed by atoms with van der Waals surface area (Å²) in [4.78, 5) is 27.9. The predicted octanol–water partition coefficient (Wildman–Crippen LogP) is 2.32. The number of nitrogens with one attached hydrogen (secondary N) is 2. The normalized spacial score (nSPS) is 17.3. The summed E-state index contributed by atoms with van der Waals surface area (Å²) in [6.45, 7) is 6.32. The third-order valence-electron chi connectivity index (χ3n) is 4.36. The van der Waals surface area contributed by atoms with Gasteiger partial charge in [0.25, 0.3) is 0 Å². The third-order valence-corrected chi connectivity index (χ3v) is 4.36. The van der Waals surface area contributed by atoms with E-state index in [-0.39, 0.29) is 11.8 Å². The standard InChI is InChI=1S/C16H19N7O/c1-8(2)4-10-5-11(24)21-15-12(10)9(3)22-23(15)16-13-14(18-6-17-13)19-7-20-16/h6-8,10H,4-5H2,1-3H3,(H,21,24)(H,17,18,19,20)/t10-/m1/s1. The summed E-state index contributed by atoms with van der Waals surface area (Å²) in [6, 6.07) is 0. The highest BCUT2D eigenvalue weighted by atomic mass is 16.1. The van der Waals surface area contributed by atoms with Crippen molar-refractivity contribution in [3.05, 3.63) is 23.9 Å². The van der Waals surface area contributed by atoms with Gasteiger partial charge in [0.05, 0.1) is 12.0 Å². The minimum atomic E-state index is 0.0178. The molecule has 0 bridgehead atoms. The second-order valence-corrected chi connectivity index (χ2v) is 6.64. The van der Waals surface area contributed by atoms with Crippen molar-refractivity contribution in [2.45, 2.75) is 39.5 Å². The molecule has 0 saturated carbocycles. The minimum absolute atomic E-state index is 0.0178. The third kappa shape index (κ3) is 2.26. The Labute approximate surface area is 138 Å². The van der Waals surface area contributed by atoms with Gasteiger partial charge in [-0.25, -0.2) is 15.0 Å². The van der Waals surface area contributed by atoms with Crippen LogP contribution in [-0.2, 0) is 4.79 Å². The highest BCUT2D eigenvalue weighted by molar-refractivity contribution is 5.94. The van der Waals surface area contributed by atoms with Gasteiger partial charge < -0.3 is 10.3 Å². The molecule has 3 aromatic heterocycles. The molecular weight excluding hydrogens is 306 g/mol. The highest BCUT2D eigenvalue weighted by Gasteiger charge is 2.32. The van der Waals surface area contributed by atoms with E-state index >= 15 is 0 Å². The van der Waals surface area contributed by atoms with E-state index in [4.69, 9.17) is 0 Å². The smallest absolute Gasteiger partial charge is 0.226 e. The first-order chi connectivity index (χ1) is 11.5. The molecule has 0 radical (unpaired) electrons. The quantitative estimate of drug-likeness (QED) is 0.769. The maximum absolute atomic E-state index is 12.2. The minimum Gasteiger partial charge on any atom is -0.340 e. The summed E-state index contributed by atoms with van der Waals surface area (Å²) >= 11 is 0. The summed E-state index contributed by atoms with van der Waals surface area (Å²) in [7, 11) is 0. The van der Waals surface area contributed by atoms with Crippen LogP contribution >= 0.6 is 0 Å². The van der Waals surface area contributed by atoms with Crippen LogP contribution in [0.2, 0.25) is 0 Å². The van der Waals surface area contributed by atoms with Crippen molar-refractivity contribution in [1.82, 2.24) is 29.7 Å². The Kier molecular flexibility index (Phi) is 3.33. The second kappa shape index (κ2) is 5.40. The van der Waals surface area contributed by atoms with E-state index in [9.17, 15) is 4.79 Å². The zero-order chi connectivity index (χ0) is 16.8. The van der Waals surface area contributed by atoms with E-state index in [1.54, 1.807) is 11.0 Å². The van der Waals surface area contributed by atoms with Crippen LogP contribution in [0.3, 0.4) is 0 Å². The van der Waals surface area contributed by atoms with Gasteiger partial charge in [-0.3, -0.25) is 4.79 Å². The van der Waals surface area contributed by atoms with Crippen molar-refractivity contribution in [2.24, 2.45) is 5.92 Å². The van der Waals surface area contributed by atoms with E-state index in [0.29, 0.717) is 35.1 Å². The number of carbonyl (C=O) groups is 1. The molecule has 0 saturated heterocycles. The second-order valence-electron chi connectivity index (χ2n) is 6.64. The zero-order valence-electron chi connectivity index (χ0n) is 13.9. The molecule has 0 aromatic carbocycles. The summed E-state index contributed by atoms with van der Waals surface area (Å²) < 4.78 is 1.69. The van der Waals surface area contributed by atoms with Gasteiger partial charge in [-0.2, -0.15) is 9.78 Å². The highest BCUT2D eigenvalue weighted by Crippen LogP contribution is 2.39. The Balaban J connectivity index is 1.90. The Bertz CT molecular complexity index is 924. The van der Waals surface area contributed by atoms with Gasteiger partial charge in [0, 0.05) is 12.0 Å². The molecule has 0 unspecified atom stereocenters. The number of rotatable bonds is 3. The lowest BCUT2D eigenvalue weighted by Gasteiger charge is -2.25. The largest absolute Gasteiger partial charge is 0.340 e. The first-order valence-electron chi connectivity index (χ1n) is 8.08. The molecule has 8 heteroatoms. The van der Waals surface area contributed by atoms with Crippen molar-refractivity contribution in [1.29, 1.82) is 0 Å². The van der Waals surface area contributed by atoms with Crippen LogP contribution in [0.25, 0.3) is 17.0 Å². The number of aryl methyl sites for hydroxylation is 1. The van der Waals surface area contributed by atoms with Crippen LogP contribution in [-0.4, -0.2) is 35.6 Å². The Morgan fingerprint density at radius 3 is 2.96 bits per heavy atom. The molecule has 124 valence electrons. The van der Waals surface area contributed by atoms with Crippen molar-refractivity contribution in [3.8, 4) is 5.82 Å². The van der Waals surface area contributed by atoms with Gasteiger partial charge in [-0.05, 0) is 25.2 Å². The van der Waals surface area contributed by atoms with E-state index < -0.39 is 0 Å². The fourth-order valence-electron chi connectivity index (χ4n) is 3.49. The summed E-state index contributed by atoms with van der Waals surface area (Å²) in [5.41, 5.74) is 3.29. The van der Waals surface area contributed by atoms with Gasteiger partial charge in [0.2, 0.25) is 5.91 Å². The topological polar surface area (TPSA) is 101 Å². The molecule has 1 aliphatic rings. The van der Waals surface area contributed by atoms with Crippen LogP contribution in [0.1, 0.15) is 43.9 Å². The summed E-state index contributed by atoms with van der Waals surface area (Å²) in [5.74, 6) is 2.01. The molecule has 24 heavy (non-hydrogen) atoms. The van der Waals surface area contributed by atoms with Crippen molar-refractivity contribution < 1.29 is 4.79 Å². The summed E-state index contributed by atoms with van der Waals surface area (Å²) in [6.07, 6.45) is 4.49. The van der Waals surface area contributed by atoms with Crippen LogP contribution in [0, 0.1) is 12.8 Å². The number of hydrogen-bond donors (Lipinski definition) is 2. The van der Waals surface area contributed by atoms with Crippen LogP contribution in [0.4, 0.5) is 5.82 Å². The number of aromatic nitrogens is 6. The van der Waals surface area contributed by atoms with E-state index in [1.165, 1.54) is 6.33 Å². The first-order valence-corrected chi connectivity index (χ1v) is 8.08. The Morgan fingerprint density at radius 1 is 1.33 bits per heavy atom. The number of anilines is 1. The van der Waals surface area contributed by atoms with Crippen LogP contribution < -0.4 is 5.32 Å². The number of fused-ring (bicyclic) bond motifs is 2. The maximum atomic E-state index is 12.2. The first kappa shape index (κ1) is 14.8. The van der Waals surface area contributed by atoms with E-state index in [2.05, 4.69) is 44.2 Å². The van der Waals surface area contributed by atoms with Crippen molar-refractivity contribution >= 4 is 22.9 Å². The fourth-order valence-corrected chi connectivity index (χ4v) is 3.49. The number of nitrogens with zero attached hydrogens (tertiary/aromatic N) is 5. The zero-order valence-corrected chi connectivity index (χ0v) is 13.9. The van der Waals surface area contributed by atoms with E-state index in [0.717, 1.165) is 17.7 Å². The summed E-state index contributed by atoms with van der Waals surface area (Å²) in [5, 5.41) is 7.62. The lowest BCUT2D eigenvalue weighted by Crippen LogP contribution is -2.25. The molecule has 0 spiro atoms. The average molecular weight is 325 g/mol. The van der Waals surface area contributed by atoms with Crippen molar-refractivity contribution in [3.63, 3.8) is 0 Å². The number of aromatic amines is 1. The molecule has 2 N–H and O–H groups in total. The molecule has 0 fully saturated rings. The van der Waals surface area contributed by atoms with Gasteiger partial charge in [-0.1, -0.05) is 13.8 Å². The molecule has 0 aliphatic carbocycles. The number of hydrogen-bond acceptors (Lipinski definition) is 5. The Hall–Kier alpha value is -2.77. The maximum Gasteiger partial charge on any atom is 0.226 e. The molecule has 4 heterocycles. The predicted molar refractivity (Wildman–Crippen MR) is 89.0 cm³/mol. The van der Waals surface area contributed by atoms with Crippen LogP contribution in [0.5, 0.6) is 0 Å². The number of carbonyl (C=O) groups excluding carboxylic acids is 1. The lowest BCUT2D eigenvalue weighted by atomic mass is 9.85. The number of amides is 1. The number of imidazole rings is 1. The number of H-pyrrole nitrogens is 1. The molecule has 1 amide bonds. The molecule has 4 rings (SSSR count). The van der Waals surface area contributed by atoms with E-state index in [1.807, 2.05) is 6.92 Å². The van der Waals surface area contributed by atoms with Gasteiger partial charge >= 0.3 is 0 Å². The molecule has 3 aromatic rings. The average Bonchev–Trinajstić information content (AvgIpc) is 3.11. The molecule has 1 aliphatic heterocycles. The molecular formula is C16H19N7O. The van der Waals surface area contributed by atoms with Gasteiger partial charge in [-0.15, -0.1) is 0 Å².